The van der Waals surface area contributed by atoms with Gasteiger partial charge in [0, 0.05) is 18.6 Å². The van der Waals surface area contributed by atoms with E-state index in [4.69, 9.17) is 18.9 Å². The van der Waals surface area contributed by atoms with E-state index in [0.717, 1.165) is 11.1 Å². The average molecular weight is 342 g/mol. The van der Waals surface area contributed by atoms with Gasteiger partial charge >= 0.3 is 0 Å². The summed E-state index contributed by atoms with van der Waals surface area (Å²) in [5, 5.41) is 10.8. The third-order valence-corrected chi connectivity index (χ3v) is 4.86. The molecule has 0 unspecified atom stereocenters. The molecule has 0 saturated carbocycles. The average Bonchev–Trinajstić information content (AvgIpc) is 2.68. The molecule has 0 aromatic heterocycles. The van der Waals surface area contributed by atoms with E-state index in [2.05, 4.69) is 0 Å². The molecule has 2 heterocycles. The Kier molecular flexibility index (Phi) is 4.83. The molecule has 25 heavy (non-hydrogen) atoms. The van der Waals surface area contributed by atoms with Crippen molar-refractivity contribution in [1.29, 1.82) is 0 Å². The highest BCUT2D eigenvalue weighted by Gasteiger charge is 2.50. The van der Waals surface area contributed by atoms with Crippen LogP contribution in [0.4, 0.5) is 0 Å². The molecule has 2 aliphatic rings. The molecular weight excluding hydrogens is 320 g/mol. The van der Waals surface area contributed by atoms with Crippen LogP contribution in [-0.4, -0.2) is 43.4 Å². The zero-order valence-electron chi connectivity index (χ0n) is 14.0. The maximum Gasteiger partial charge on any atom is 0.184 e. The number of hydrogen-bond donors (Lipinski definition) is 1. The minimum atomic E-state index is -0.817. The first-order chi connectivity index (χ1) is 12.3. The maximum absolute atomic E-state index is 10.8. The Morgan fingerprint density at radius 1 is 0.920 bits per heavy atom. The molecule has 0 spiro atoms. The van der Waals surface area contributed by atoms with Gasteiger partial charge in [-0.25, -0.2) is 0 Å². The molecule has 0 radical (unpaired) electrons. The fourth-order valence-electron chi connectivity index (χ4n) is 3.64. The number of fused-ring (bicyclic) bond motifs is 1. The summed E-state index contributed by atoms with van der Waals surface area (Å²) < 4.78 is 23.3. The van der Waals surface area contributed by atoms with Crippen LogP contribution >= 0.6 is 0 Å². The second-order valence-corrected chi connectivity index (χ2v) is 6.38. The van der Waals surface area contributed by atoms with E-state index in [9.17, 15) is 5.11 Å². The zero-order valence-corrected chi connectivity index (χ0v) is 14.0. The summed E-state index contributed by atoms with van der Waals surface area (Å²) in [6, 6.07) is 19.7. The van der Waals surface area contributed by atoms with E-state index in [-0.39, 0.29) is 18.1 Å². The van der Waals surface area contributed by atoms with Gasteiger partial charge in [0.2, 0.25) is 0 Å². The van der Waals surface area contributed by atoms with Crippen LogP contribution in [0, 0.1) is 0 Å². The van der Waals surface area contributed by atoms with E-state index in [1.165, 1.54) is 7.11 Å². The molecule has 0 aliphatic carbocycles. The first-order valence-corrected chi connectivity index (χ1v) is 8.51. The van der Waals surface area contributed by atoms with Gasteiger partial charge in [-0.1, -0.05) is 60.7 Å². The summed E-state index contributed by atoms with van der Waals surface area (Å²) in [5.41, 5.74) is 1.96. The fourth-order valence-corrected chi connectivity index (χ4v) is 3.64. The first-order valence-electron chi connectivity index (χ1n) is 8.51. The summed E-state index contributed by atoms with van der Waals surface area (Å²) >= 11 is 0. The lowest BCUT2D eigenvalue weighted by Gasteiger charge is -2.48. The monoisotopic (exact) mass is 342 g/mol. The standard InChI is InChI=1S/C20H22O5/c1-22-20-17(21)16(13-8-4-2-5-9-13)18-15(24-20)12-23-19(25-18)14-10-6-3-7-11-14/h2-11,15-21H,12H2,1H3/t15-,16+,17+,18-,19-,20+/m1/s1. The van der Waals surface area contributed by atoms with Crippen LogP contribution in [0.5, 0.6) is 0 Å². The van der Waals surface area contributed by atoms with Crippen LogP contribution in [0.15, 0.2) is 60.7 Å². The summed E-state index contributed by atoms with van der Waals surface area (Å²) in [7, 11) is 1.54. The summed E-state index contributed by atoms with van der Waals surface area (Å²) in [6.45, 7) is 0.389. The molecule has 0 amide bonds. The Morgan fingerprint density at radius 3 is 2.20 bits per heavy atom. The van der Waals surface area contributed by atoms with E-state index in [0.29, 0.717) is 6.61 Å². The highest BCUT2D eigenvalue weighted by molar-refractivity contribution is 5.25. The van der Waals surface area contributed by atoms with Gasteiger partial charge in [0.1, 0.15) is 12.2 Å². The van der Waals surface area contributed by atoms with Gasteiger partial charge in [-0.15, -0.1) is 0 Å². The van der Waals surface area contributed by atoms with E-state index in [1.807, 2.05) is 60.7 Å². The van der Waals surface area contributed by atoms with Gasteiger partial charge in [0.15, 0.2) is 12.6 Å². The number of rotatable bonds is 3. The Hall–Kier alpha value is -1.76. The summed E-state index contributed by atoms with van der Waals surface area (Å²) in [4.78, 5) is 0. The van der Waals surface area contributed by atoms with E-state index >= 15 is 0 Å². The molecule has 5 nitrogen and oxygen atoms in total. The number of aliphatic hydroxyl groups is 1. The summed E-state index contributed by atoms with van der Waals surface area (Å²) in [5.74, 6) is -0.250. The van der Waals surface area contributed by atoms with Gasteiger partial charge in [-0.05, 0) is 5.56 Å². The molecule has 4 rings (SSSR count). The van der Waals surface area contributed by atoms with E-state index in [1.54, 1.807) is 0 Å². The van der Waals surface area contributed by atoms with Crippen LogP contribution in [-0.2, 0) is 18.9 Å². The van der Waals surface area contributed by atoms with Gasteiger partial charge in [0.25, 0.3) is 0 Å². The quantitative estimate of drug-likeness (QED) is 0.929. The fraction of sp³-hybridized carbons (Fsp3) is 0.400. The Bertz CT molecular complexity index is 677. The largest absolute Gasteiger partial charge is 0.387 e. The first kappa shape index (κ1) is 16.7. The molecule has 5 heteroatoms. The molecule has 2 aromatic rings. The van der Waals surface area contributed by atoms with E-state index < -0.39 is 18.7 Å². The Morgan fingerprint density at radius 2 is 1.56 bits per heavy atom. The summed E-state index contributed by atoms with van der Waals surface area (Å²) in [6.07, 6.45) is -2.60. The van der Waals surface area contributed by atoms with Crippen molar-refractivity contribution in [3.63, 3.8) is 0 Å². The smallest absolute Gasteiger partial charge is 0.184 e. The lowest BCUT2D eigenvalue weighted by Crippen LogP contribution is -2.58. The molecule has 0 bridgehead atoms. The van der Waals surface area contributed by atoms with Crippen molar-refractivity contribution in [1.82, 2.24) is 0 Å². The third-order valence-electron chi connectivity index (χ3n) is 4.86. The molecule has 2 aliphatic heterocycles. The minimum Gasteiger partial charge on any atom is -0.387 e. The highest BCUT2D eigenvalue weighted by Crippen LogP contribution is 2.41. The van der Waals surface area contributed by atoms with Crippen LogP contribution in [0.25, 0.3) is 0 Å². The van der Waals surface area contributed by atoms with Crippen LogP contribution in [0.3, 0.4) is 0 Å². The van der Waals surface area contributed by atoms with Gasteiger partial charge < -0.3 is 24.1 Å². The lowest BCUT2D eigenvalue weighted by molar-refractivity contribution is -0.339. The molecule has 6 atom stereocenters. The topological polar surface area (TPSA) is 57.2 Å². The zero-order chi connectivity index (χ0) is 17.2. The van der Waals surface area contributed by atoms with Crippen LogP contribution in [0.1, 0.15) is 23.3 Å². The molecule has 2 aromatic carbocycles. The second kappa shape index (κ2) is 7.23. The van der Waals surface area contributed by atoms with Crippen LogP contribution < -0.4 is 0 Å². The molecule has 132 valence electrons. The lowest BCUT2D eigenvalue weighted by atomic mass is 9.82. The molecule has 2 fully saturated rings. The number of ether oxygens (including phenoxy) is 4. The number of aliphatic hydroxyl groups excluding tert-OH is 1. The predicted molar refractivity (Wildman–Crippen MR) is 90.9 cm³/mol. The molecule has 2 saturated heterocycles. The van der Waals surface area contributed by atoms with Crippen LogP contribution in [0.2, 0.25) is 0 Å². The Labute approximate surface area is 147 Å². The normalized spacial score (nSPS) is 35.1. The Balaban J connectivity index is 1.64. The van der Waals surface area contributed by atoms with Crippen molar-refractivity contribution in [2.45, 2.75) is 36.8 Å². The minimum absolute atomic E-state index is 0.250. The second-order valence-electron chi connectivity index (χ2n) is 6.38. The predicted octanol–water partition coefficient (Wildman–Crippen LogP) is 2.62. The van der Waals surface area contributed by atoms with Crippen molar-refractivity contribution in [3.8, 4) is 0 Å². The van der Waals surface area contributed by atoms with Crippen molar-refractivity contribution >= 4 is 0 Å². The van der Waals surface area contributed by atoms with Crippen molar-refractivity contribution in [3.05, 3.63) is 71.8 Å². The van der Waals surface area contributed by atoms with Crippen molar-refractivity contribution < 1.29 is 24.1 Å². The highest BCUT2D eigenvalue weighted by atomic mass is 16.7. The SMILES string of the molecule is CO[C@H]1O[C@@H]2CO[C@@H](c3ccccc3)O[C@H]2[C@@H](c2ccccc2)[C@@H]1O. The maximum atomic E-state index is 10.8. The third kappa shape index (κ3) is 3.21. The van der Waals surface area contributed by atoms with Gasteiger partial charge in [-0.2, -0.15) is 0 Å². The molecular formula is C20H22O5. The number of benzene rings is 2. The number of methoxy groups -OCH3 is 1. The van der Waals surface area contributed by atoms with Crippen molar-refractivity contribution in [2.75, 3.05) is 13.7 Å². The van der Waals surface area contributed by atoms with Gasteiger partial charge in [0.05, 0.1) is 12.7 Å². The van der Waals surface area contributed by atoms with Crippen molar-refractivity contribution in [2.24, 2.45) is 0 Å². The molecule has 1 N–H and O–H groups in total. The van der Waals surface area contributed by atoms with Gasteiger partial charge in [-0.3, -0.25) is 0 Å². The number of hydrogen-bond acceptors (Lipinski definition) is 5.